The highest BCUT2D eigenvalue weighted by Crippen LogP contribution is 2.34. The molecule has 3 nitrogen and oxygen atoms in total. The summed E-state index contributed by atoms with van der Waals surface area (Å²) in [6.45, 7) is 5.13. The van der Waals surface area contributed by atoms with Crippen LogP contribution in [0.3, 0.4) is 0 Å². The van der Waals surface area contributed by atoms with E-state index in [1.165, 1.54) is 17.4 Å². The second-order valence-corrected chi connectivity index (χ2v) is 5.87. The van der Waals surface area contributed by atoms with Crippen molar-refractivity contribution < 1.29 is 4.39 Å². The summed E-state index contributed by atoms with van der Waals surface area (Å²) in [6, 6.07) is 4.79. The van der Waals surface area contributed by atoms with E-state index in [1.54, 1.807) is 12.1 Å². The van der Waals surface area contributed by atoms with E-state index < -0.39 is 0 Å². The van der Waals surface area contributed by atoms with Gasteiger partial charge in [0.2, 0.25) is 0 Å². The highest BCUT2D eigenvalue weighted by Gasteiger charge is 2.18. The Balaban J connectivity index is 2.28. The minimum atomic E-state index is -0.366. The van der Waals surface area contributed by atoms with Crippen molar-refractivity contribution in [1.29, 1.82) is 0 Å². The van der Waals surface area contributed by atoms with Gasteiger partial charge in [0.1, 0.15) is 10.8 Å². The van der Waals surface area contributed by atoms with Gasteiger partial charge in [-0.15, -0.1) is 10.2 Å². The third-order valence-electron chi connectivity index (χ3n) is 2.96. The maximum absolute atomic E-state index is 13.9. The number of hydrogen-bond acceptors (Lipinski definition) is 4. The minimum Gasteiger partial charge on any atom is -0.308 e. The van der Waals surface area contributed by atoms with Crippen molar-refractivity contribution in [2.75, 3.05) is 6.54 Å². The Morgan fingerprint density at radius 3 is 2.80 bits per heavy atom. The summed E-state index contributed by atoms with van der Waals surface area (Å²) in [6.07, 6.45) is 1.97. The molecule has 1 heterocycles. The van der Waals surface area contributed by atoms with E-state index in [1.807, 2.05) is 0 Å². The van der Waals surface area contributed by atoms with Crippen molar-refractivity contribution in [2.45, 2.75) is 32.7 Å². The number of halogens is 2. The zero-order valence-corrected chi connectivity index (χ0v) is 13.1. The van der Waals surface area contributed by atoms with E-state index in [0.717, 1.165) is 24.4 Å². The molecule has 1 unspecified atom stereocenters. The molecule has 108 valence electrons. The van der Waals surface area contributed by atoms with Crippen molar-refractivity contribution in [1.82, 2.24) is 15.5 Å². The maximum atomic E-state index is 13.9. The Morgan fingerprint density at radius 2 is 2.15 bits per heavy atom. The van der Waals surface area contributed by atoms with Crippen LogP contribution in [0.25, 0.3) is 10.6 Å². The Bertz CT molecular complexity index is 553. The molecule has 0 radical (unpaired) electrons. The summed E-state index contributed by atoms with van der Waals surface area (Å²) < 4.78 is 13.9. The Kier molecular flexibility index (Phi) is 5.46. The molecule has 1 atom stereocenters. The van der Waals surface area contributed by atoms with Gasteiger partial charge in [0.25, 0.3) is 0 Å². The van der Waals surface area contributed by atoms with Gasteiger partial charge in [0.15, 0.2) is 5.01 Å². The lowest BCUT2D eigenvalue weighted by Crippen LogP contribution is -2.21. The molecule has 6 heteroatoms. The number of rotatable bonds is 6. The first-order chi connectivity index (χ1) is 9.67. The summed E-state index contributed by atoms with van der Waals surface area (Å²) in [5, 5.41) is 13.4. The van der Waals surface area contributed by atoms with Crippen LogP contribution >= 0.6 is 22.9 Å². The van der Waals surface area contributed by atoms with Gasteiger partial charge < -0.3 is 5.32 Å². The molecule has 0 saturated carbocycles. The van der Waals surface area contributed by atoms with Gasteiger partial charge in [-0.1, -0.05) is 42.9 Å². The van der Waals surface area contributed by atoms with Gasteiger partial charge >= 0.3 is 0 Å². The third-order valence-corrected chi connectivity index (χ3v) is 4.33. The summed E-state index contributed by atoms with van der Waals surface area (Å²) in [5.41, 5.74) is 0.336. The van der Waals surface area contributed by atoms with Crippen LogP contribution in [0.1, 0.15) is 37.7 Å². The molecule has 1 aromatic heterocycles. The van der Waals surface area contributed by atoms with E-state index in [2.05, 4.69) is 29.4 Å². The van der Waals surface area contributed by atoms with Crippen molar-refractivity contribution in [3.8, 4) is 10.6 Å². The lowest BCUT2D eigenvalue weighted by atomic mass is 10.2. The largest absolute Gasteiger partial charge is 0.308 e. The molecular formula is C14H17ClFN3S. The highest BCUT2D eigenvalue weighted by atomic mass is 35.5. The molecule has 0 bridgehead atoms. The van der Waals surface area contributed by atoms with Crippen LogP contribution in [-0.2, 0) is 0 Å². The molecule has 2 rings (SSSR count). The summed E-state index contributed by atoms with van der Waals surface area (Å²) in [4.78, 5) is 0. The van der Waals surface area contributed by atoms with E-state index in [0.29, 0.717) is 15.6 Å². The number of benzene rings is 1. The number of nitrogens with zero attached hydrogens (tertiary/aromatic N) is 2. The van der Waals surface area contributed by atoms with Crippen LogP contribution in [-0.4, -0.2) is 16.7 Å². The predicted molar refractivity (Wildman–Crippen MR) is 81.6 cm³/mol. The first kappa shape index (κ1) is 15.4. The number of nitrogens with one attached hydrogen (secondary N) is 1. The monoisotopic (exact) mass is 313 g/mol. The molecule has 0 aliphatic rings. The summed E-state index contributed by atoms with van der Waals surface area (Å²) in [5.74, 6) is -0.366. The number of aromatic nitrogens is 2. The minimum absolute atomic E-state index is 0.159. The van der Waals surface area contributed by atoms with Gasteiger partial charge in [-0.05, 0) is 31.5 Å². The molecule has 0 aliphatic heterocycles. The predicted octanol–water partition coefficient (Wildman–Crippen LogP) is 4.45. The van der Waals surface area contributed by atoms with Crippen LogP contribution in [0.15, 0.2) is 18.2 Å². The fourth-order valence-corrected chi connectivity index (χ4v) is 3.28. The highest BCUT2D eigenvalue weighted by molar-refractivity contribution is 7.14. The summed E-state index contributed by atoms with van der Waals surface area (Å²) in [7, 11) is 0. The lowest BCUT2D eigenvalue weighted by Gasteiger charge is -2.12. The topological polar surface area (TPSA) is 37.8 Å². The van der Waals surface area contributed by atoms with Crippen LogP contribution in [0.5, 0.6) is 0 Å². The second-order valence-electron chi connectivity index (χ2n) is 4.46. The fraction of sp³-hybridized carbons (Fsp3) is 0.429. The van der Waals surface area contributed by atoms with E-state index in [-0.39, 0.29) is 11.9 Å². The molecule has 0 amide bonds. The molecule has 1 N–H and O–H groups in total. The lowest BCUT2D eigenvalue weighted by molar-refractivity contribution is 0.513. The van der Waals surface area contributed by atoms with Gasteiger partial charge in [0, 0.05) is 0 Å². The smallest absolute Gasteiger partial charge is 0.152 e. The van der Waals surface area contributed by atoms with Crippen molar-refractivity contribution in [3.05, 3.63) is 34.0 Å². The van der Waals surface area contributed by atoms with Gasteiger partial charge in [-0.3, -0.25) is 0 Å². The average molecular weight is 314 g/mol. The van der Waals surface area contributed by atoms with Crippen molar-refractivity contribution in [3.63, 3.8) is 0 Å². The van der Waals surface area contributed by atoms with Crippen molar-refractivity contribution in [2.24, 2.45) is 0 Å². The second kappa shape index (κ2) is 7.11. The molecule has 20 heavy (non-hydrogen) atoms. The normalized spacial score (nSPS) is 12.6. The van der Waals surface area contributed by atoms with Crippen LogP contribution in [0, 0.1) is 5.82 Å². The van der Waals surface area contributed by atoms with E-state index in [9.17, 15) is 4.39 Å². The molecule has 0 saturated heterocycles. The van der Waals surface area contributed by atoms with Crippen LogP contribution < -0.4 is 5.32 Å². The third kappa shape index (κ3) is 3.34. The SMILES string of the molecule is CCCNC(CC)c1nnc(-c2c(F)cccc2Cl)s1. The average Bonchev–Trinajstić information content (AvgIpc) is 2.89. The molecule has 2 aromatic rings. The maximum Gasteiger partial charge on any atom is 0.152 e. The molecule has 1 aromatic carbocycles. The molecular weight excluding hydrogens is 297 g/mol. The fourth-order valence-electron chi connectivity index (χ4n) is 1.90. The van der Waals surface area contributed by atoms with Gasteiger partial charge in [-0.25, -0.2) is 4.39 Å². The summed E-state index contributed by atoms with van der Waals surface area (Å²) >= 11 is 7.44. The van der Waals surface area contributed by atoms with Crippen molar-refractivity contribution >= 4 is 22.9 Å². The van der Waals surface area contributed by atoms with E-state index >= 15 is 0 Å². The quantitative estimate of drug-likeness (QED) is 0.856. The molecule has 0 spiro atoms. The first-order valence-electron chi connectivity index (χ1n) is 6.68. The van der Waals surface area contributed by atoms with Crippen LogP contribution in [0.2, 0.25) is 5.02 Å². The number of hydrogen-bond donors (Lipinski definition) is 1. The van der Waals surface area contributed by atoms with Crippen LogP contribution in [0.4, 0.5) is 4.39 Å². The molecule has 0 aliphatic carbocycles. The van der Waals surface area contributed by atoms with E-state index in [4.69, 9.17) is 11.6 Å². The molecule has 0 fully saturated rings. The standard InChI is InChI=1S/C14H17ClFN3S/c1-3-8-17-11(4-2)13-18-19-14(20-13)12-9(15)6-5-7-10(12)16/h5-7,11,17H,3-4,8H2,1-2H3. The Morgan fingerprint density at radius 1 is 1.35 bits per heavy atom. The zero-order chi connectivity index (χ0) is 14.5. The Hall–Kier alpha value is -1.04. The first-order valence-corrected chi connectivity index (χ1v) is 7.88. The van der Waals surface area contributed by atoms with Gasteiger partial charge in [-0.2, -0.15) is 0 Å². The Labute approximate surface area is 127 Å². The van der Waals surface area contributed by atoms with Gasteiger partial charge in [0.05, 0.1) is 16.6 Å². The zero-order valence-electron chi connectivity index (χ0n) is 11.5.